The maximum absolute atomic E-state index is 13.2. The van der Waals surface area contributed by atoms with Crippen LogP contribution in [-0.2, 0) is 4.74 Å². The Kier molecular flexibility index (Phi) is 4.50. The first-order chi connectivity index (χ1) is 10.9. The molecule has 2 atom stereocenters. The number of hydrogen-bond donors (Lipinski definition) is 2. The summed E-state index contributed by atoms with van der Waals surface area (Å²) in [6, 6.07) is 1.60. The van der Waals surface area contributed by atoms with Crippen LogP contribution in [0.25, 0.3) is 0 Å². The highest BCUT2D eigenvalue weighted by Gasteiger charge is 2.44. The van der Waals surface area contributed by atoms with Gasteiger partial charge in [0, 0.05) is 25.2 Å². The van der Waals surface area contributed by atoms with Crippen LogP contribution >= 0.6 is 0 Å². The largest absolute Gasteiger partial charge is 0.490 e. The number of hydrogen-bond acceptors (Lipinski definition) is 5. The smallest absolute Gasteiger partial charge is 0.194 e. The highest BCUT2D eigenvalue weighted by Crippen LogP contribution is 2.27. The van der Waals surface area contributed by atoms with Gasteiger partial charge < -0.3 is 19.7 Å². The molecule has 8 heteroatoms. The molecule has 5 nitrogen and oxygen atoms in total. The fourth-order valence-electron chi connectivity index (χ4n) is 2.80. The zero-order chi connectivity index (χ0) is 16.6. The van der Waals surface area contributed by atoms with Crippen molar-refractivity contribution in [1.82, 2.24) is 4.90 Å². The van der Waals surface area contributed by atoms with Crippen molar-refractivity contribution in [2.24, 2.45) is 0 Å². The summed E-state index contributed by atoms with van der Waals surface area (Å²) in [6.07, 6.45) is -0.669. The Balaban J connectivity index is 1.67. The molecule has 0 aromatic heterocycles. The first kappa shape index (κ1) is 16.5. The van der Waals surface area contributed by atoms with Crippen molar-refractivity contribution >= 4 is 0 Å². The summed E-state index contributed by atoms with van der Waals surface area (Å²) in [5.41, 5.74) is -1.57. The molecular weight excluding hydrogens is 315 g/mol. The number of nitrogens with zero attached hydrogens (tertiary/aromatic N) is 1. The predicted molar refractivity (Wildman–Crippen MR) is 73.6 cm³/mol. The van der Waals surface area contributed by atoms with Crippen molar-refractivity contribution in [3.8, 4) is 5.75 Å². The fourth-order valence-corrected chi connectivity index (χ4v) is 2.80. The van der Waals surface area contributed by atoms with E-state index in [-0.39, 0.29) is 24.9 Å². The number of aliphatic hydroxyl groups excluding tert-OH is 1. The van der Waals surface area contributed by atoms with Gasteiger partial charge in [-0.25, -0.2) is 13.2 Å². The summed E-state index contributed by atoms with van der Waals surface area (Å²) in [5.74, 6) is -4.56. The van der Waals surface area contributed by atoms with Crippen molar-refractivity contribution in [2.75, 3.05) is 32.9 Å². The lowest BCUT2D eigenvalue weighted by molar-refractivity contribution is -0.167. The van der Waals surface area contributed by atoms with Crippen molar-refractivity contribution in [1.29, 1.82) is 0 Å². The molecule has 2 N–H and O–H groups in total. The zero-order valence-corrected chi connectivity index (χ0v) is 12.3. The second-order valence-corrected chi connectivity index (χ2v) is 6.06. The third kappa shape index (κ3) is 3.30. The molecule has 0 unspecified atom stereocenters. The van der Waals surface area contributed by atoms with Crippen LogP contribution in [0.15, 0.2) is 12.1 Å². The lowest BCUT2D eigenvalue weighted by atomic mass is 9.89. The maximum atomic E-state index is 13.2. The average molecular weight is 333 g/mol. The first-order valence-corrected chi connectivity index (χ1v) is 7.38. The highest BCUT2D eigenvalue weighted by atomic mass is 19.2. The van der Waals surface area contributed by atoms with Crippen LogP contribution < -0.4 is 4.74 Å². The maximum Gasteiger partial charge on any atom is 0.194 e. The van der Waals surface area contributed by atoms with Crippen molar-refractivity contribution in [2.45, 2.75) is 24.2 Å². The summed E-state index contributed by atoms with van der Waals surface area (Å²) >= 11 is 0. The summed E-state index contributed by atoms with van der Waals surface area (Å²) in [5, 5.41) is 20.7. The third-order valence-corrected chi connectivity index (χ3v) is 4.37. The standard InChI is InChI=1S/C15H18F3NO4/c16-11-3-10(4-12(17)14(11)18)23-8-15(21)7-19(2-1-13(15)20)9-5-22-6-9/h3-4,9,13,20-21H,1-2,5-8H2/t13-,15-/m0/s1. The first-order valence-electron chi connectivity index (χ1n) is 7.38. The van der Waals surface area contributed by atoms with E-state index in [1.165, 1.54) is 0 Å². The number of benzene rings is 1. The molecule has 128 valence electrons. The lowest BCUT2D eigenvalue weighted by Gasteiger charge is -2.47. The van der Waals surface area contributed by atoms with Crippen molar-refractivity contribution < 1.29 is 32.9 Å². The Hall–Kier alpha value is -1.35. The molecule has 0 saturated carbocycles. The molecule has 3 rings (SSSR count). The van der Waals surface area contributed by atoms with Gasteiger partial charge in [-0.1, -0.05) is 0 Å². The van der Waals surface area contributed by atoms with E-state index in [1.807, 2.05) is 4.90 Å². The topological polar surface area (TPSA) is 62.2 Å². The monoisotopic (exact) mass is 333 g/mol. The molecule has 2 aliphatic heterocycles. The van der Waals surface area contributed by atoms with Crippen LogP contribution in [0.3, 0.4) is 0 Å². The third-order valence-electron chi connectivity index (χ3n) is 4.37. The van der Waals surface area contributed by atoms with Crippen LogP contribution in [0.2, 0.25) is 0 Å². The highest BCUT2D eigenvalue weighted by molar-refractivity contribution is 5.25. The van der Waals surface area contributed by atoms with Gasteiger partial charge in [-0.05, 0) is 6.42 Å². The van der Waals surface area contributed by atoms with Gasteiger partial charge in [0.05, 0.1) is 25.4 Å². The van der Waals surface area contributed by atoms with Crippen molar-refractivity contribution in [3.05, 3.63) is 29.6 Å². The summed E-state index contributed by atoms with van der Waals surface area (Å²) in [4.78, 5) is 1.99. The van der Waals surface area contributed by atoms with E-state index in [0.717, 1.165) is 0 Å². The van der Waals surface area contributed by atoms with Gasteiger partial charge in [-0.3, -0.25) is 4.90 Å². The Morgan fingerprint density at radius 2 is 1.91 bits per heavy atom. The molecule has 2 aliphatic rings. The van der Waals surface area contributed by atoms with Crippen LogP contribution in [0.4, 0.5) is 13.2 Å². The number of aliphatic hydroxyl groups is 2. The molecular formula is C15H18F3NO4. The molecule has 23 heavy (non-hydrogen) atoms. The summed E-state index contributed by atoms with van der Waals surface area (Å²) in [6.45, 7) is 1.57. The van der Waals surface area contributed by atoms with Gasteiger partial charge in [0.1, 0.15) is 18.0 Å². The van der Waals surface area contributed by atoms with Crippen LogP contribution in [-0.4, -0.2) is 65.8 Å². The normalized spacial score (nSPS) is 29.3. The van der Waals surface area contributed by atoms with E-state index < -0.39 is 29.2 Å². The number of piperidine rings is 1. The second-order valence-electron chi connectivity index (χ2n) is 6.06. The van der Waals surface area contributed by atoms with E-state index in [9.17, 15) is 23.4 Å². The van der Waals surface area contributed by atoms with Crippen LogP contribution in [0, 0.1) is 17.5 Å². The number of halogens is 3. The second kappa shape index (κ2) is 6.27. The minimum Gasteiger partial charge on any atom is -0.490 e. The lowest BCUT2D eigenvalue weighted by Crippen LogP contribution is -2.64. The molecule has 2 fully saturated rings. The average Bonchev–Trinajstić information content (AvgIpc) is 2.45. The molecule has 0 radical (unpaired) electrons. The molecule has 0 bridgehead atoms. The van der Waals surface area contributed by atoms with Gasteiger partial charge in [0.2, 0.25) is 0 Å². The molecule has 1 aromatic carbocycles. The van der Waals surface area contributed by atoms with E-state index in [1.54, 1.807) is 0 Å². The summed E-state index contributed by atoms with van der Waals surface area (Å²) < 4.78 is 49.6. The van der Waals surface area contributed by atoms with Gasteiger partial charge >= 0.3 is 0 Å². The van der Waals surface area contributed by atoms with Gasteiger partial charge in [0.15, 0.2) is 17.5 Å². The van der Waals surface area contributed by atoms with Crippen molar-refractivity contribution in [3.63, 3.8) is 0 Å². The number of rotatable bonds is 4. The minimum absolute atomic E-state index is 0.161. The number of likely N-dealkylation sites (tertiary alicyclic amines) is 1. The minimum atomic E-state index is -1.58. The Morgan fingerprint density at radius 3 is 2.48 bits per heavy atom. The predicted octanol–water partition coefficient (Wildman–Crippen LogP) is 0.679. The van der Waals surface area contributed by atoms with E-state index in [4.69, 9.17) is 9.47 Å². The van der Waals surface area contributed by atoms with Gasteiger partial charge in [0.25, 0.3) is 0 Å². The molecule has 2 heterocycles. The number of β-amino-alcohol motifs (C(OH)–C–C–N with tert-alkyl or cyclic N) is 1. The molecule has 0 amide bonds. The zero-order valence-electron chi connectivity index (χ0n) is 12.3. The molecule has 1 aromatic rings. The fraction of sp³-hybridized carbons (Fsp3) is 0.600. The molecule has 2 saturated heterocycles. The number of ether oxygens (including phenoxy) is 2. The van der Waals surface area contributed by atoms with Crippen LogP contribution in [0.1, 0.15) is 6.42 Å². The van der Waals surface area contributed by atoms with Gasteiger partial charge in [-0.15, -0.1) is 0 Å². The Bertz CT molecular complexity index is 561. The van der Waals surface area contributed by atoms with E-state index in [0.29, 0.717) is 38.3 Å². The Morgan fingerprint density at radius 1 is 1.26 bits per heavy atom. The molecule has 0 spiro atoms. The SMILES string of the molecule is O[C@H]1CCN(C2COC2)C[C@]1(O)COc1cc(F)c(F)c(F)c1. The van der Waals surface area contributed by atoms with E-state index >= 15 is 0 Å². The quantitative estimate of drug-likeness (QED) is 0.794. The van der Waals surface area contributed by atoms with Crippen LogP contribution in [0.5, 0.6) is 5.75 Å². The van der Waals surface area contributed by atoms with E-state index in [2.05, 4.69) is 0 Å². The summed E-state index contributed by atoms with van der Waals surface area (Å²) in [7, 11) is 0. The van der Waals surface area contributed by atoms with Gasteiger partial charge in [-0.2, -0.15) is 0 Å². The Labute approximate surface area is 131 Å². The molecule has 0 aliphatic carbocycles.